The molecule has 3 aromatic carbocycles. The molecule has 1 aliphatic rings. The molecule has 27 heavy (non-hydrogen) atoms. The van der Waals surface area contributed by atoms with E-state index in [9.17, 15) is 0 Å². The Labute approximate surface area is 190 Å². The Kier molecular flexibility index (Phi) is 20.5. The van der Waals surface area contributed by atoms with Gasteiger partial charge in [-0.3, -0.25) is 0 Å². The summed E-state index contributed by atoms with van der Waals surface area (Å²) in [5.74, 6) is 0. The first-order valence-corrected chi connectivity index (χ1v) is 7.40. The third-order valence-corrected chi connectivity index (χ3v) is 4.20. The zero-order chi connectivity index (χ0) is 14.2. The Morgan fingerprint density at radius 2 is 1.33 bits per heavy atom. The average Bonchev–Trinajstić information content (AvgIpc) is 3.08. The molecule has 0 fully saturated rings. The molecule has 0 bridgehead atoms. The van der Waals surface area contributed by atoms with Gasteiger partial charge >= 0.3 is 0 Å². The van der Waals surface area contributed by atoms with Crippen LogP contribution >= 0.6 is 0 Å². The first-order chi connectivity index (χ1) is 9.55. The minimum absolute atomic E-state index is 0. The Bertz CT molecular complexity index is 682. The van der Waals surface area contributed by atoms with E-state index in [1.54, 1.807) is 11.1 Å². The van der Waals surface area contributed by atoms with Crippen LogP contribution in [0, 0.1) is 56.9 Å². The van der Waals surface area contributed by atoms with Crippen LogP contribution in [0.1, 0.15) is 30.5 Å². The molecule has 0 radical (unpaired) electrons. The largest absolute Gasteiger partial charge is 0.358 e. The molecule has 0 N–H and O–H groups in total. The molecule has 156 valence electrons. The Morgan fingerprint density at radius 3 is 1.78 bits per heavy atom. The molecule has 0 aromatic heterocycles. The van der Waals surface area contributed by atoms with Crippen molar-refractivity contribution in [3.8, 4) is 0 Å². The molecule has 0 atom stereocenters. The fraction of sp³-hybridized carbons (Fsp3) is 0.231. The topological polar surface area (TPSA) is 0 Å². The SMILES string of the molecule is C[c-]1ccc2cc3c(cc21)CC(C)(C)C3.[CH3-].[CH3-].[CH3-].[CH3-].[CH3-].[CH3-].[Hf].c1cc[cH-]c1. The van der Waals surface area contributed by atoms with Gasteiger partial charge in [0, 0.05) is 25.8 Å². The van der Waals surface area contributed by atoms with E-state index >= 15 is 0 Å². The number of rotatable bonds is 0. The number of hydrogen-bond acceptors (Lipinski definition) is 0. The van der Waals surface area contributed by atoms with E-state index in [2.05, 4.69) is 45.0 Å². The fourth-order valence-electron chi connectivity index (χ4n) is 3.24. The molecular weight excluding hydrogens is 491 g/mol. The van der Waals surface area contributed by atoms with Crippen molar-refractivity contribution >= 4 is 10.8 Å². The molecule has 1 heteroatoms. The van der Waals surface area contributed by atoms with Gasteiger partial charge in [-0.1, -0.05) is 31.9 Å². The van der Waals surface area contributed by atoms with Gasteiger partial charge in [-0.05, 0) is 18.3 Å². The van der Waals surface area contributed by atoms with Gasteiger partial charge < -0.3 is 44.6 Å². The van der Waals surface area contributed by atoms with Crippen LogP contribution in [0.2, 0.25) is 0 Å². The molecule has 1 aliphatic carbocycles. The Morgan fingerprint density at radius 1 is 0.852 bits per heavy atom. The average molecular weight is 531 g/mol. The van der Waals surface area contributed by atoms with Crippen LogP contribution < -0.4 is 0 Å². The van der Waals surface area contributed by atoms with Gasteiger partial charge in [0.1, 0.15) is 0 Å². The van der Waals surface area contributed by atoms with E-state index in [0.29, 0.717) is 5.41 Å². The zero-order valence-corrected chi connectivity index (χ0v) is 22.7. The van der Waals surface area contributed by atoms with E-state index in [4.69, 9.17) is 0 Å². The summed E-state index contributed by atoms with van der Waals surface area (Å²) in [5.41, 5.74) is 5.02. The molecule has 0 heterocycles. The second kappa shape index (κ2) is 15.0. The van der Waals surface area contributed by atoms with Crippen LogP contribution in [-0.4, -0.2) is 0 Å². The molecule has 0 spiro atoms. The van der Waals surface area contributed by atoms with Crippen molar-refractivity contribution in [2.24, 2.45) is 5.41 Å². The van der Waals surface area contributed by atoms with E-state index < -0.39 is 0 Å². The maximum absolute atomic E-state index is 2.41. The minimum Gasteiger partial charge on any atom is -0.358 e. The van der Waals surface area contributed by atoms with E-state index in [1.807, 2.05) is 30.3 Å². The molecule has 3 aromatic rings. The zero-order valence-electron chi connectivity index (χ0n) is 19.1. The molecule has 0 saturated heterocycles. The van der Waals surface area contributed by atoms with Crippen molar-refractivity contribution in [1.82, 2.24) is 0 Å². The first-order valence-electron chi connectivity index (χ1n) is 7.40. The Balaban J connectivity index is -0.000000121. The third kappa shape index (κ3) is 8.73. The van der Waals surface area contributed by atoms with E-state index in [0.717, 1.165) is 0 Å². The Hall–Kier alpha value is -0.950. The van der Waals surface area contributed by atoms with Gasteiger partial charge in [0.25, 0.3) is 0 Å². The normalized spacial score (nSPS) is 11.7. The van der Waals surface area contributed by atoms with Crippen LogP contribution in [0.5, 0.6) is 0 Å². The molecule has 0 saturated carbocycles. The summed E-state index contributed by atoms with van der Waals surface area (Å²) in [6.45, 7) is 6.93. The van der Waals surface area contributed by atoms with Crippen molar-refractivity contribution in [1.29, 1.82) is 0 Å². The first kappa shape index (κ1) is 36.9. The van der Waals surface area contributed by atoms with Crippen molar-refractivity contribution in [3.05, 3.63) is 116 Å². The maximum Gasteiger partial charge on any atom is 0 e. The van der Waals surface area contributed by atoms with Gasteiger partial charge in [-0.2, -0.15) is 30.3 Å². The number of hydrogen-bond donors (Lipinski definition) is 0. The predicted molar refractivity (Wildman–Crippen MR) is 126 cm³/mol. The van der Waals surface area contributed by atoms with Crippen molar-refractivity contribution in [2.75, 3.05) is 0 Å². The van der Waals surface area contributed by atoms with Crippen LogP contribution in [-0.2, 0) is 38.7 Å². The van der Waals surface area contributed by atoms with Crippen LogP contribution in [0.4, 0.5) is 0 Å². The van der Waals surface area contributed by atoms with Gasteiger partial charge in [0.2, 0.25) is 0 Å². The summed E-state index contributed by atoms with van der Waals surface area (Å²) < 4.78 is 0. The summed E-state index contributed by atoms with van der Waals surface area (Å²) >= 11 is 0. The van der Waals surface area contributed by atoms with E-state index in [-0.39, 0.29) is 70.4 Å². The molecule has 0 nitrogen and oxygen atoms in total. The molecule has 0 amide bonds. The minimum atomic E-state index is 0. The number of fused-ring (bicyclic) bond motifs is 2. The monoisotopic (exact) mass is 532 g/mol. The number of benzene rings is 1. The van der Waals surface area contributed by atoms with Crippen LogP contribution in [0.15, 0.2) is 54.6 Å². The van der Waals surface area contributed by atoms with Crippen molar-refractivity contribution < 1.29 is 25.8 Å². The summed E-state index contributed by atoms with van der Waals surface area (Å²) in [5, 5.41) is 2.87. The van der Waals surface area contributed by atoms with Gasteiger partial charge in [0.15, 0.2) is 0 Å². The second-order valence-corrected chi connectivity index (χ2v) is 6.70. The van der Waals surface area contributed by atoms with Crippen LogP contribution in [0.25, 0.3) is 10.8 Å². The third-order valence-electron chi connectivity index (χ3n) is 4.20. The van der Waals surface area contributed by atoms with Crippen molar-refractivity contribution in [2.45, 2.75) is 33.6 Å². The smallest absolute Gasteiger partial charge is 0 e. The second-order valence-electron chi connectivity index (χ2n) is 6.70. The summed E-state index contributed by atoms with van der Waals surface area (Å²) in [6.07, 6.45) is 2.48. The molecular formula is C26H40Hf-8. The molecule has 4 rings (SSSR count). The standard InChI is InChI=1S/C15H17.C5H5.6CH3.Hf/c1-10-4-5-11-6-12-8-15(2,3)9-13(12)7-14(10)11;1-2-4-5-3-1;;;;;;;/h4-7H,8-9H2,1-3H3;1-5H;6*1H3;/q8*-1;. The summed E-state index contributed by atoms with van der Waals surface area (Å²) in [6, 6.07) is 19.3. The van der Waals surface area contributed by atoms with Gasteiger partial charge in [-0.25, -0.2) is 12.1 Å². The molecule has 0 aliphatic heterocycles. The van der Waals surface area contributed by atoms with Crippen molar-refractivity contribution in [3.63, 3.8) is 0 Å². The van der Waals surface area contributed by atoms with Crippen LogP contribution in [0.3, 0.4) is 0 Å². The maximum atomic E-state index is 2.41. The fourth-order valence-corrected chi connectivity index (χ4v) is 3.24. The van der Waals surface area contributed by atoms with Gasteiger partial charge in [0.05, 0.1) is 0 Å². The number of aryl methyl sites for hydroxylation is 1. The molecule has 0 unspecified atom stereocenters. The van der Waals surface area contributed by atoms with E-state index in [1.165, 1.54) is 29.2 Å². The summed E-state index contributed by atoms with van der Waals surface area (Å²) in [4.78, 5) is 0. The summed E-state index contributed by atoms with van der Waals surface area (Å²) in [7, 11) is 0. The van der Waals surface area contributed by atoms with Gasteiger partial charge in [-0.15, -0.1) is 28.5 Å². The quantitative estimate of drug-likeness (QED) is 0.203. The predicted octanol–water partition coefficient (Wildman–Crippen LogP) is 8.10.